The predicted octanol–water partition coefficient (Wildman–Crippen LogP) is 6.32. The number of nitrogens with one attached hydrogen (secondary N) is 3. The number of carbonyl (C=O) groups excluding carboxylic acids is 3. The van der Waals surface area contributed by atoms with Gasteiger partial charge >= 0.3 is 0 Å². The highest BCUT2D eigenvalue weighted by molar-refractivity contribution is 8.00. The number of aromatic nitrogens is 2. The number of carbonyl (C=O) groups is 3. The van der Waals surface area contributed by atoms with Gasteiger partial charge in [-0.3, -0.25) is 19.7 Å². The molecule has 210 valence electrons. The Morgan fingerprint density at radius 2 is 1.76 bits per heavy atom. The van der Waals surface area contributed by atoms with Gasteiger partial charge in [0.1, 0.15) is 11.5 Å². The third kappa shape index (κ3) is 9.00. The molecule has 0 saturated carbocycles. The first kappa shape index (κ1) is 30.0. The Labute approximate surface area is 249 Å². The number of rotatable bonds is 11. The van der Waals surface area contributed by atoms with Gasteiger partial charge in [-0.15, -0.1) is 11.8 Å². The van der Waals surface area contributed by atoms with E-state index in [4.69, 9.17) is 0 Å². The second kappa shape index (κ2) is 14.6. The van der Waals surface area contributed by atoms with Crippen LogP contribution in [0.2, 0.25) is 0 Å². The molecule has 0 bridgehead atoms. The van der Waals surface area contributed by atoms with E-state index >= 15 is 0 Å². The lowest BCUT2D eigenvalue weighted by molar-refractivity contribution is -0.115. The first-order valence-corrected chi connectivity index (χ1v) is 15.1. The summed E-state index contributed by atoms with van der Waals surface area (Å²) in [5.74, 6) is -0.826. The molecule has 4 aromatic rings. The molecule has 1 heterocycles. The summed E-state index contributed by atoms with van der Waals surface area (Å²) < 4.78 is 17.6. The molecule has 3 amide bonds. The van der Waals surface area contributed by atoms with Crippen molar-refractivity contribution in [2.45, 2.75) is 29.1 Å². The van der Waals surface area contributed by atoms with Crippen molar-refractivity contribution < 1.29 is 18.8 Å². The molecule has 8 nitrogen and oxygen atoms in total. The standard InChI is InChI=1S/C29H26FN5O3S3/c1-3-39-29-34-28(41-35-29)33-25(36)18(2)40-23-11-7-10-22(17-23)31-27(38)24(16-19-12-14-21(30)15-13-19)32-26(37)20-8-5-4-6-9-20/h4-18H,3H2,1-2H3,(H,31,38)(H,32,37)(H,33,34,35,36)/b24-16-. The van der Waals surface area contributed by atoms with Gasteiger partial charge in [0.25, 0.3) is 11.8 Å². The van der Waals surface area contributed by atoms with Crippen molar-refractivity contribution in [1.82, 2.24) is 14.7 Å². The zero-order chi connectivity index (χ0) is 29.2. The van der Waals surface area contributed by atoms with Crippen LogP contribution in [0.1, 0.15) is 29.8 Å². The number of benzene rings is 3. The van der Waals surface area contributed by atoms with Gasteiger partial charge in [-0.2, -0.15) is 9.36 Å². The number of nitrogens with zero attached hydrogens (tertiary/aromatic N) is 2. The Bertz CT molecular complexity index is 1540. The fourth-order valence-electron chi connectivity index (χ4n) is 3.43. The lowest BCUT2D eigenvalue weighted by Gasteiger charge is -2.13. The monoisotopic (exact) mass is 607 g/mol. The molecule has 1 aromatic heterocycles. The molecule has 1 unspecified atom stereocenters. The molecule has 12 heteroatoms. The molecule has 4 rings (SSSR count). The summed E-state index contributed by atoms with van der Waals surface area (Å²) in [5, 5.41) is 8.87. The maximum Gasteiger partial charge on any atom is 0.272 e. The van der Waals surface area contributed by atoms with Crippen molar-refractivity contribution >= 4 is 69.7 Å². The molecule has 0 spiro atoms. The molecule has 0 aliphatic carbocycles. The van der Waals surface area contributed by atoms with Crippen LogP contribution < -0.4 is 16.0 Å². The van der Waals surface area contributed by atoms with Gasteiger partial charge in [0, 0.05) is 27.7 Å². The van der Waals surface area contributed by atoms with Crippen LogP contribution in [-0.2, 0) is 9.59 Å². The summed E-state index contributed by atoms with van der Waals surface area (Å²) >= 11 is 3.95. The highest BCUT2D eigenvalue weighted by Crippen LogP contribution is 2.27. The minimum absolute atomic E-state index is 0.0195. The number of thioether (sulfide) groups is 2. The first-order valence-electron chi connectivity index (χ1n) is 12.5. The van der Waals surface area contributed by atoms with Crippen molar-refractivity contribution in [2.75, 3.05) is 16.4 Å². The van der Waals surface area contributed by atoms with Gasteiger partial charge in [0.15, 0.2) is 0 Å². The number of amides is 3. The molecule has 1 atom stereocenters. The summed E-state index contributed by atoms with van der Waals surface area (Å²) in [4.78, 5) is 43.9. The van der Waals surface area contributed by atoms with E-state index < -0.39 is 22.9 Å². The van der Waals surface area contributed by atoms with Gasteiger partial charge in [0.2, 0.25) is 16.2 Å². The van der Waals surface area contributed by atoms with Gasteiger partial charge < -0.3 is 10.6 Å². The van der Waals surface area contributed by atoms with Crippen LogP contribution >= 0.6 is 35.1 Å². The van der Waals surface area contributed by atoms with Crippen LogP contribution in [-0.4, -0.2) is 38.1 Å². The second-order valence-electron chi connectivity index (χ2n) is 8.48. The van der Waals surface area contributed by atoms with Crippen molar-refractivity contribution in [3.05, 3.63) is 102 Å². The topological polar surface area (TPSA) is 113 Å². The molecular weight excluding hydrogens is 582 g/mol. The Hall–Kier alpha value is -4.00. The lowest BCUT2D eigenvalue weighted by Crippen LogP contribution is -2.30. The van der Waals surface area contributed by atoms with Gasteiger partial charge in [-0.1, -0.05) is 55.1 Å². The van der Waals surface area contributed by atoms with Crippen LogP contribution in [0.5, 0.6) is 0 Å². The molecule has 3 aromatic carbocycles. The molecule has 3 N–H and O–H groups in total. The van der Waals surface area contributed by atoms with Gasteiger partial charge in [0.05, 0.1) is 5.25 Å². The normalized spacial score (nSPS) is 11.9. The van der Waals surface area contributed by atoms with Crippen molar-refractivity contribution in [3.8, 4) is 0 Å². The lowest BCUT2D eigenvalue weighted by atomic mass is 10.1. The number of halogens is 1. The average molecular weight is 608 g/mol. The van der Waals surface area contributed by atoms with Crippen LogP contribution in [0.25, 0.3) is 6.08 Å². The first-order chi connectivity index (χ1) is 19.8. The highest BCUT2D eigenvalue weighted by Gasteiger charge is 2.18. The summed E-state index contributed by atoms with van der Waals surface area (Å²) in [6.45, 7) is 3.78. The van der Waals surface area contributed by atoms with Crippen LogP contribution in [0, 0.1) is 5.82 Å². The van der Waals surface area contributed by atoms with E-state index in [0.717, 1.165) is 22.2 Å². The maximum absolute atomic E-state index is 13.4. The Balaban J connectivity index is 1.45. The van der Waals surface area contributed by atoms with E-state index in [0.29, 0.717) is 27.1 Å². The van der Waals surface area contributed by atoms with E-state index in [1.54, 1.807) is 55.5 Å². The summed E-state index contributed by atoms with van der Waals surface area (Å²) in [5.41, 5.74) is 1.36. The van der Waals surface area contributed by atoms with E-state index in [9.17, 15) is 18.8 Å². The summed E-state index contributed by atoms with van der Waals surface area (Å²) in [7, 11) is 0. The molecule has 0 aliphatic rings. The zero-order valence-electron chi connectivity index (χ0n) is 22.1. The smallest absolute Gasteiger partial charge is 0.272 e. The fraction of sp³-hybridized carbons (Fsp3) is 0.138. The second-order valence-corrected chi connectivity index (χ2v) is 11.9. The summed E-state index contributed by atoms with van der Waals surface area (Å²) in [6.07, 6.45) is 1.47. The van der Waals surface area contributed by atoms with Crippen LogP contribution in [0.15, 0.2) is 94.6 Å². The van der Waals surface area contributed by atoms with Crippen LogP contribution in [0.4, 0.5) is 15.2 Å². The third-order valence-electron chi connectivity index (χ3n) is 5.39. The van der Waals surface area contributed by atoms with E-state index in [1.807, 2.05) is 13.0 Å². The molecular formula is C29H26FN5O3S3. The Morgan fingerprint density at radius 3 is 2.49 bits per heavy atom. The number of anilines is 2. The highest BCUT2D eigenvalue weighted by atomic mass is 32.2. The minimum Gasteiger partial charge on any atom is -0.321 e. The molecule has 0 radical (unpaired) electrons. The van der Waals surface area contributed by atoms with Crippen LogP contribution in [0.3, 0.4) is 0 Å². The molecule has 0 fully saturated rings. The van der Waals surface area contributed by atoms with E-state index in [1.165, 1.54) is 53.9 Å². The zero-order valence-corrected chi connectivity index (χ0v) is 24.5. The molecule has 41 heavy (non-hydrogen) atoms. The van der Waals surface area contributed by atoms with Gasteiger partial charge in [-0.25, -0.2) is 4.39 Å². The third-order valence-corrected chi connectivity index (χ3v) is 7.96. The van der Waals surface area contributed by atoms with Gasteiger partial charge in [-0.05, 0) is 66.8 Å². The average Bonchev–Trinajstić information content (AvgIpc) is 3.41. The minimum atomic E-state index is -0.566. The van der Waals surface area contributed by atoms with Crippen molar-refractivity contribution in [1.29, 1.82) is 0 Å². The quantitative estimate of drug-likeness (QED) is 0.135. The number of hydrogen-bond acceptors (Lipinski definition) is 8. The number of hydrogen-bond donors (Lipinski definition) is 3. The van der Waals surface area contributed by atoms with Crippen molar-refractivity contribution in [2.24, 2.45) is 0 Å². The van der Waals surface area contributed by atoms with Crippen molar-refractivity contribution in [3.63, 3.8) is 0 Å². The molecule has 0 aliphatic heterocycles. The SMILES string of the molecule is CCSc1nsc(NC(=O)C(C)Sc2cccc(NC(=O)/C(=C/c3ccc(F)cc3)NC(=O)c3ccccc3)c2)n1. The largest absolute Gasteiger partial charge is 0.321 e. The Morgan fingerprint density at radius 1 is 1.00 bits per heavy atom. The summed E-state index contributed by atoms with van der Waals surface area (Å²) in [6, 6.07) is 21.1. The van der Waals surface area contributed by atoms with E-state index in [2.05, 4.69) is 25.3 Å². The molecule has 0 saturated heterocycles. The Kier molecular flexibility index (Phi) is 10.7. The predicted molar refractivity (Wildman–Crippen MR) is 164 cm³/mol. The van der Waals surface area contributed by atoms with E-state index in [-0.39, 0.29) is 11.6 Å². The maximum atomic E-state index is 13.4. The fourth-order valence-corrected chi connectivity index (χ4v) is 5.63.